The van der Waals surface area contributed by atoms with Crippen LogP contribution in [0.15, 0.2) is 11.1 Å². The zero-order chi connectivity index (χ0) is 16.8. The van der Waals surface area contributed by atoms with Crippen molar-refractivity contribution in [3.8, 4) is 0 Å². The molecule has 0 spiro atoms. The van der Waals surface area contributed by atoms with E-state index in [1.807, 2.05) is 0 Å². The molecule has 3 N–H and O–H groups in total. The third-order valence-corrected chi connectivity index (χ3v) is 6.49. The first-order chi connectivity index (χ1) is 10.8. The highest BCUT2D eigenvalue weighted by Gasteiger charge is 2.39. The highest BCUT2D eigenvalue weighted by Crippen LogP contribution is 2.38. The molecule has 0 bridgehead atoms. The first-order valence-corrected chi connectivity index (χ1v) is 9.34. The van der Waals surface area contributed by atoms with Crippen LogP contribution in [-0.2, 0) is 14.8 Å². The van der Waals surface area contributed by atoms with Crippen LogP contribution >= 0.6 is 0 Å². The Kier molecular flexibility index (Phi) is 4.09. The number of piperidine rings is 1. The van der Waals surface area contributed by atoms with Gasteiger partial charge in [0.05, 0.1) is 5.25 Å². The number of carboxylic acid groups (broad SMARTS) is 1. The molecule has 0 aromatic heterocycles. The molecule has 3 aliphatic rings. The van der Waals surface area contributed by atoms with Gasteiger partial charge in [-0.1, -0.05) is 0 Å². The molecule has 0 aromatic rings. The molecular formula is C14H21N3O5S. The second kappa shape index (κ2) is 5.79. The van der Waals surface area contributed by atoms with Crippen molar-refractivity contribution in [1.29, 1.82) is 0 Å². The molecule has 0 atom stereocenters. The van der Waals surface area contributed by atoms with Crippen molar-refractivity contribution in [2.45, 2.75) is 30.9 Å². The molecule has 3 rings (SSSR count). The molecule has 2 amide bonds. The van der Waals surface area contributed by atoms with E-state index in [2.05, 4.69) is 0 Å². The van der Waals surface area contributed by atoms with Crippen molar-refractivity contribution in [1.82, 2.24) is 9.80 Å². The van der Waals surface area contributed by atoms with E-state index in [0.717, 1.165) is 11.1 Å². The van der Waals surface area contributed by atoms with Gasteiger partial charge in [-0.3, -0.25) is 4.79 Å². The van der Waals surface area contributed by atoms with Crippen LogP contribution in [0, 0.1) is 5.92 Å². The normalized spacial score (nSPS) is 23.5. The number of sulfonamides is 1. The van der Waals surface area contributed by atoms with Crippen molar-refractivity contribution in [3.05, 3.63) is 11.1 Å². The van der Waals surface area contributed by atoms with E-state index < -0.39 is 21.4 Å². The monoisotopic (exact) mass is 343 g/mol. The number of hydrogen-bond donors (Lipinski definition) is 2. The fraction of sp³-hybridized carbons (Fsp3) is 0.714. The highest BCUT2D eigenvalue weighted by molar-refractivity contribution is 7.89. The largest absolute Gasteiger partial charge is 0.465 e. The minimum absolute atomic E-state index is 0.0501. The Morgan fingerprint density at radius 3 is 2.00 bits per heavy atom. The minimum atomic E-state index is -3.53. The lowest BCUT2D eigenvalue weighted by Crippen LogP contribution is -2.46. The Balaban J connectivity index is 1.53. The zero-order valence-electron chi connectivity index (χ0n) is 12.8. The summed E-state index contributed by atoms with van der Waals surface area (Å²) in [4.78, 5) is 26.7. The zero-order valence-corrected chi connectivity index (χ0v) is 13.6. The maximum absolute atomic E-state index is 12.6. The minimum Gasteiger partial charge on any atom is -0.465 e. The van der Waals surface area contributed by atoms with Crippen molar-refractivity contribution in [2.24, 2.45) is 11.1 Å². The number of carbonyl (C=O) groups is 2. The SMILES string of the molecule is NS(=O)(=O)C1CCN(C(=O)C2CC3=C(C2)CN(C(=O)O)C3)CC1. The van der Waals surface area contributed by atoms with E-state index in [0.29, 0.717) is 51.9 Å². The van der Waals surface area contributed by atoms with Crippen molar-refractivity contribution < 1.29 is 23.1 Å². The van der Waals surface area contributed by atoms with Crippen LogP contribution in [0.4, 0.5) is 4.79 Å². The first-order valence-electron chi connectivity index (χ1n) is 7.73. The Labute approximate surface area is 135 Å². The second-order valence-corrected chi connectivity index (χ2v) is 8.41. The molecule has 9 heteroatoms. The quantitative estimate of drug-likeness (QED) is 0.682. The van der Waals surface area contributed by atoms with Gasteiger partial charge in [-0.15, -0.1) is 0 Å². The number of rotatable bonds is 2. The maximum atomic E-state index is 12.6. The van der Waals surface area contributed by atoms with E-state index in [9.17, 15) is 18.0 Å². The van der Waals surface area contributed by atoms with Gasteiger partial charge in [0.1, 0.15) is 0 Å². The molecule has 0 saturated carbocycles. The summed E-state index contributed by atoms with van der Waals surface area (Å²) in [6, 6.07) is 0. The van der Waals surface area contributed by atoms with E-state index in [-0.39, 0.29) is 11.8 Å². The standard InChI is InChI=1S/C14H21N3O5S/c15-23(21,22)12-1-3-16(4-2-12)13(18)9-5-10-7-17(14(19)20)8-11(10)6-9/h9,12H,1-8H2,(H,19,20)(H2,15,21,22). The number of amides is 2. The average Bonchev–Trinajstić information content (AvgIpc) is 3.04. The highest BCUT2D eigenvalue weighted by atomic mass is 32.2. The van der Waals surface area contributed by atoms with Gasteiger partial charge in [-0.2, -0.15) is 0 Å². The predicted octanol–water partition coefficient (Wildman–Crippen LogP) is -0.0339. The summed E-state index contributed by atoms with van der Waals surface area (Å²) in [5.41, 5.74) is 2.15. The van der Waals surface area contributed by atoms with Crippen molar-refractivity contribution in [2.75, 3.05) is 26.2 Å². The van der Waals surface area contributed by atoms with Crippen LogP contribution in [0.3, 0.4) is 0 Å². The Morgan fingerprint density at radius 2 is 1.57 bits per heavy atom. The fourth-order valence-corrected chi connectivity index (χ4v) is 4.67. The topological polar surface area (TPSA) is 121 Å². The molecule has 0 radical (unpaired) electrons. The summed E-state index contributed by atoms with van der Waals surface area (Å²) in [6.07, 6.45) is 1.08. The van der Waals surface area contributed by atoms with Gasteiger partial charge in [0, 0.05) is 32.1 Å². The molecule has 1 aliphatic carbocycles. The third-order valence-electron chi connectivity index (χ3n) is 5.09. The van der Waals surface area contributed by atoms with Crippen LogP contribution in [0.5, 0.6) is 0 Å². The number of nitrogens with two attached hydrogens (primary N) is 1. The van der Waals surface area contributed by atoms with Gasteiger partial charge < -0.3 is 14.9 Å². The molecule has 1 fully saturated rings. The van der Waals surface area contributed by atoms with E-state index in [4.69, 9.17) is 10.2 Å². The molecule has 0 unspecified atom stereocenters. The molecule has 8 nitrogen and oxygen atoms in total. The van der Waals surface area contributed by atoms with Gasteiger partial charge in [0.2, 0.25) is 15.9 Å². The molecule has 128 valence electrons. The van der Waals surface area contributed by atoms with E-state index in [1.54, 1.807) is 4.90 Å². The molecule has 23 heavy (non-hydrogen) atoms. The predicted molar refractivity (Wildman–Crippen MR) is 82.1 cm³/mol. The van der Waals surface area contributed by atoms with Crippen molar-refractivity contribution in [3.63, 3.8) is 0 Å². The summed E-state index contributed by atoms with van der Waals surface area (Å²) in [6.45, 7) is 1.65. The van der Waals surface area contributed by atoms with Crippen molar-refractivity contribution >= 4 is 22.0 Å². The molecular weight excluding hydrogens is 322 g/mol. The van der Waals surface area contributed by atoms with Crippen LogP contribution < -0.4 is 5.14 Å². The molecule has 1 saturated heterocycles. The van der Waals surface area contributed by atoms with Crippen LogP contribution in [-0.4, -0.2) is 66.8 Å². The van der Waals surface area contributed by atoms with Gasteiger partial charge >= 0.3 is 6.09 Å². The number of nitrogens with zero attached hydrogens (tertiary/aromatic N) is 2. The summed E-state index contributed by atoms with van der Waals surface area (Å²) >= 11 is 0. The van der Waals surface area contributed by atoms with Gasteiger partial charge in [-0.05, 0) is 36.8 Å². The lowest BCUT2D eigenvalue weighted by atomic mass is 10.00. The van der Waals surface area contributed by atoms with Crippen LogP contribution in [0.25, 0.3) is 0 Å². The summed E-state index contributed by atoms with van der Waals surface area (Å²) in [7, 11) is -3.53. The first kappa shape index (κ1) is 16.3. The number of primary sulfonamides is 1. The van der Waals surface area contributed by atoms with Crippen LogP contribution in [0.1, 0.15) is 25.7 Å². The average molecular weight is 343 g/mol. The van der Waals surface area contributed by atoms with E-state index >= 15 is 0 Å². The van der Waals surface area contributed by atoms with E-state index in [1.165, 1.54) is 4.90 Å². The lowest BCUT2D eigenvalue weighted by molar-refractivity contribution is -0.136. The van der Waals surface area contributed by atoms with Gasteiger partial charge in [0.15, 0.2) is 0 Å². The second-order valence-electron chi connectivity index (χ2n) is 6.56. The third kappa shape index (κ3) is 3.20. The summed E-state index contributed by atoms with van der Waals surface area (Å²) in [5, 5.41) is 13.6. The van der Waals surface area contributed by atoms with Gasteiger partial charge in [0.25, 0.3) is 0 Å². The summed E-state index contributed by atoms with van der Waals surface area (Å²) < 4.78 is 22.7. The summed E-state index contributed by atoms with van der Waals surface area (Å²) in [5.74, 6) is -0.0730. The number of carbonyl (C=O) groups excluding carboxylic acids is 1. The molecule has 2 heterocycles. The van der Waals surface area contributed by atoms with Crippen LogP contribution in [0.2, 0.25) is 0 Å². The Bertz CT molecular complexity index is 646. The van der Waals surface area contributed by atoms with Gasteiger partial charge in [-0.25, -0.2) is 18.4 Å². The Morgan fingerprint density at radius 1 is 1.04 bits per heavy atom. The number of hydrogen-bond acceptors (Lipinski definition) is 4. The lowest BCUT2D eigenvalue weighted by Gasteiger charge is -2.33. The molecule has 2 aliphatic heterocycles. The Hall–Kier alpha value is -1.61. The fourth-order valence-electron chi connectivity index (χ4n) is 3.80. The molecule has 0 aromatic carbocycles. The smallest absolute Gasteiger partial charge is 0.407 e. The number of likely N-dealkylation sites (tertiary alicyclic amines) is 2. The maximum Gasteiger partial charge on any atom is 0.407 e.